The topological polar surface area (TPSA) is 9.34 Å². The van der Waals surface area contributed by atoms with Crippen LogP contribution in [0.4, 0.5) is 0 Å². The second-order valence-corrected chi connectivity index (χ2v) is 13.3. The van der Waals surface area contributed by atoms with Crippen molar-refractivity contribution in [1.29, 1.82) is 0 Å². The number of aromatic nitrogens is 2. The molecule has 0 spiro atoms. The van der Waals surface area contributed by atoms with Crippen molar-refractivity contribution in [2.75, 3.05) is 0 Å². The monoisotopic (exact) mass is 601 g/mol. The second kappa shape index (κ2) is 8.69. The van der Waals surface area contributed by atoms with Gasteiger partial charge in [-0.05, 0) is 75.8 Å². The molecule has 0 radical (unpaired) electrons. The summed E-state index contributed by atoms with van der Waals surface area (Å²) in [6, 6.07) is 51.8. The van der Waals surface area contributed by atoms with Crippen molar-refractivity contribution >= 4 is 59.9 Å². The van der Waals surface area contributed by atoms with Gasteiger partial charge in [0.1, 0.15) is 0 Å². The molecule has 0 fully saturated rings. The molecule has 0 saturated carbocycles. The van der Waals surface area contributed by atoms with Crippen molar-refractivity contribution in [1.82, 2.24) is 8.97 Å². The second-order valence-electron chi connectivity index (χ2n) is 13.3. The Bertz CT molecular complexity index is 3050. The number of rotatable bonds is 2. The van der Waals surface area contributed by atoms with Crippen molar-refractivity contribution < 1.29 is 4.11 Å². The van der Waals surface area contributed by atoms with Crippen LogP contribution in [-0.2, 0) is 5.41 Å². The van der Waals surface area contributed by atoms with Crippen LogP contribution in [0.15, 0.2) is 146 Å². The van der Waals surface area contributed by atoms with Crippen LogP contribution < -0.4 is 0 Å². The maximum Gasteiger partial charge on any atom is 0.0620 e. The average Bonchev–Trinajstić information content (AvgIpc) is 3.85. The van der Waals surface area contributed by atoms with E-state index in [0.29, 0.717) is 0 Å². The number of nitrogens with zero attached hydrogens (tertiary/aromatic N) is 2. The van der Waals surface area contributed by atoms with Crippen molar-refractivity contribution in [3.63, 3.8) is 0 Å². The molecule has 11 rings (SSSR count). The molecule has 2 heteroatoms. The summed E-state index contributed by atoms with van der Waals surface area (Å²) < 4.78 is 30.7. The van der Waals surface area contributed by atoms with Crippen molar-refractivity contribution in [3.8, 4) is 27.9 Å². The normalized spacial score (nSPS) is 17.2. The third-order valence-corrected chi connectivity index (χ3v) is 10.8. The van der Waals surface area contributed by atoms with E-state index in [9.17, 15) is 0 Å². The molecular formula is C45H30N2. The van der Waals surface area contributed by atoms with Gasteiger partial charge < -0.3 is 8.97 Å². The molecule has 47 heavy (non-hydrogen) atoms. The van der Waals surface area contributed by atoms with Crippen molar-refractivity contribution in [2.45, 2.75) is 19.2 Å². The molecule has 1 unspecified atom stereocenters. The van der Waals surface area contributed by atoms with E-state index < -0.39 is 12.3 Å². The van der Waals surface area contributed by atoms with Gasteiger partial charge in [0.05, 0.1) is 27.6 Å². The molecule has 1 atom stereocenters. The zero-order valence-electron chi connectivity index (χ0n) is 28.8. The van der Waals surface area contributed by atoms with Gasteiger partial charge in [0, 0.05) is 47.5 Å². The zero-order valence-corrected chi connectivity index (χ0v) is 25.8. The van der Waals surface area contributed by atoms with Crippen molar-refractivity contribution in [3.05, 3.63) is 157 Å². The summed E-state index contributed by atoms with van der Waals surface area (Å²) in [5.74, 6) is 0. The minimum Gasteiger partial charge on any atom is -0.309 e. The lowest BCUT2D eigenvalue weighted by Gasteiger charge is -2.22. The number of para-hydroxylation sites is 3. The van der Waals surface area contributed by atoms with E-state index >= 15 is 0 Å². The molecule has 1 aliphatic rings. The van der Waals surface area contributed by atoms with Gasteiger partial charge in [-0.25, -0.2) is 0 Å². The van der Waals surface area contributed by atoms with Crippen LogP contribution in [-0.4, -0.2) is 8.97 Å². The molecule has 0 bridgehead atoms. The fraction of sp³-hybridized carbons (Fsp3) is 0.0667. The molecule has 0 saturated heterocycles. The first-order valence-electron chi connectivity index (χ1n) is 17.8. The van der Waals surface area contributed by atoms with E-state index in [4.69, 9.17) is 4.11 Å². The summed E-state index contributed by atoms with van der Waals surface area (Å²) in [6.07, 6.45) is 0. The van der Waals surface area contributed by atoms with Gasteiger partial charge in [-0.3, -0.25) is 0 Å². The standard InChI is InChI=1S/C45H30N2/c1-45(2)38-15-6-3-10-30(38)31-22-20-29(26-39(31)45)46-40-16-7-5-12-33(40)37-24-27(19-23-42(37)46)28-18-21-34-36-14-9-13-35-32-11-4-8-17-41(32)47(44(35)36)43(34)25-28/h3-26H,1-2H3/i1D3. The Labute approximate surface area is 276 Å². The summed E-state index contributed by atoms with van der Waals surface area (Å²) in [4.78, 5) is 0. The van der Waals surface area contributed by atoms with E-state index in [0.717, 1.165) is 49.9 Å². The number of fused-ring (bicyclic) bond motifs is 12. The van der Waals surface area contributed by atoms with Crippen LogP contribution in [0.1, 0.15) is 29.0 Å². The Morgan fingerprint density at radius 3 is 1.96 bits per heavy atom. The van der Waals surface area contributed by atoms with Gasteiger partial charge in [0.25, 0.3) is 0 Å². The fourth-order valence-electron chi connectivity index (χ4n) is 8.66. The van der Waals surface area contributed by atoms with Gasteiger partial charge in [0.2, 0.25) is 0 Å². The maximum atomic E-state index is 8.67. The molecule has 0 aliphatic heterocycles. The Balaban J connectivity index is 1.12. The van der Waals surface area contributed by atoms with Crippen LogP contribution in [0, 0.1) is 0 Å². The van der Waals surface area contributed by atoms with Gasteiger partial charge in [-0.15, -0.1) is 0 Å². The summed E-state index contributed by atoms with van der Waals surface area (Å²) in [6.45, 7) is -0.331. The van der Waals surface area contributed by atoms with Gasteiger partial charge in [-0.1, -0.05) is 117 Å². The lowest BCUT2D eigenvalue weighted by Crippen LogP contribution is -2.15. The molecule has 1 aliphatic carbocycles. The SMILES string of the molecule is [2H]C([2H])([2H])C1(C)c2ccccc2-c2ccc(-n3c4ccccc4c4cc(-c5ccc6c7cccc8c9ccccc9n(c6c5)c87)ccc43)cc21. The van der Waals surface area contributed by atoms with Crippen LogP contribution in [0.2, 0.25) is 0 Å². The van der Waals surface area contributed by atoms with E-state index in [2.05, 4.69) is 130 Å². The van der Waals surface area contributed by atoms with Crippen molar-refractivity contribution in [2.24, 2.45) is 0 Å². The molecule has 220 valence electrons. The summed E-state index contributed by atoms with van der Waals surface area (Å²) in [7, 11) is 0. The minimum absolute atomic E-state index is 0.851. The van der Waals surface area contributed by atoms with E-state index in [1.807, 2.05) is 31.2 Å². The predicted molar refractivity (Wildman–Crippen MR) is 198 cm³/mol. The van der Waals surface area contributed by atoms with Gasteiger partial charge >= 0.3 is 0 Å². The van der Waals surface area contributed by atoms with E-state index in [1.165, 1.54) is 49.0 Å². The van der Waals surface area contributed by atoms with Crippen LogP contribution in [0.25, 0.3) is 87.8 Å². The maximum absolute atomic E-state index is 8.67. The first-order valence-corrected chi connectivity index (χ1v) is 16.3. The highest BCUT2D eigenvalue weighted by atomic mass is 15.0. The molecule has 10 aromatic rings. The number of hydrogen-bond donors (Lipinski definition) is 0. The minimum atomic E-state index is -2.21. The molecule has 0 N–H and O–H groups in total. The first-order chi connectivity index (χ1) is 24.3. The molecular weight excluding hydrogens is 569 g/mol. The molecule has 0 amide bonds. The lowest BCUT2D eigenvalue weighted by molar-refractivity contribution is 0.660. The highest BCUT2D eigenvalue weighted by Gasteiger charge is 2.35. The number of hydrogen-bond acceptors (Lipinski definition) is 0. The molecule has 3 aromatic heterocycles. The van der Waals surface area contributed by atoms with Crippen LogP contribution >= 0.6 is 0 Å². The molecule has 2 nitrogen and oxygen atoms in total. The predicted octanol–water partition coefficient (Wildman–Crippen LogP) is 11.9. The average molecular weight is 602 g/mol. The highest BCUT2D eigenvalue weighted by molar-refractivity contribution is 6.23. The molecule has 7 aromatic carbocycles. The summed E-state index contributed by atoms with van der Waals surface area (Å²) >= 11 is 0. The smallest absolute Gasteiger partial charge is 0.0620 e. The Morgan fingerprint density at radius 1 is 0.468 bits per heavy atom. The number of benzene rings is 7. The summed E-state index contributed by atoms with van der Waals surface area (Å²) in [5.41, 5.74) is 11.8. The van der Waals surface area contributed by atoms with Crippen LogP contribution in [0.5, 0.6) is 0 Å². The van der Waals surface area contributed by atoms with Gasteiger partial charge in [-0.2, -0.15) is 0 Å². The first kappa shape index (κ1) is 22.6. The largest absolute Gasteiger partial charge is 0.309 e. The third-order valence-electron chi connectivity index (χ3n) is 10.8. The van der Waals surface area contributed by atoms with E-state index in [-0.39, 0.29) is 0 Å². The lowest BCUT2D eigenvalue weighted by atomic mass is 9.82. The summed E-state index contributed by atoms with van der Waals surface area (Å²) in [5, 5.41) is 7.45. The Hall–Kier alpha value is -5.86. The quantitative estimate of drug-likeness (QED) is 0.186. The zero-order chi connectivity index (χ0) is 33.5. The van der Waals surface area contributed by atoms with E-state index in [1.54, 1.807) is 0 Å². The fourth-order valence-corrected chi connectivity index (χ4v) is 8.66. The Morgan fingerprint density at radius 2 is 1.11 bits per heavy atom. The Kier molecular flexibility index (Phi) is 4.18. The van der Waals surface area contributed by atoms with Crippen LogP contribution in [0.3, 0.4) is 0 Å². The third kappa shape index (κ3) is 3.15. The van der Waals surface area contributed by atoms with Gasteiger partial charge in [0.15, 0.2) is 0 Å². The molecule has 3 heterocycles. The highest BCUT2D eigenvalue weighted by Crippen LogP contribution is 2.49.